The molecule has 1 aromatic heterocycles. The van der Waals surface area contributed by atoms with Crippen molar-refractivity contribution in [1.29, 1.82) is 0 Å². The second-order valence-electron chi connectivity index (χ2n) is 7.80. The zero-order chi connectivity index (χ0) is 21.0. The van der Waals surface area contributed by atoms with Crippen molar-refractivity contribution >= 4 is 23.6 Å². The van der Waals surface area contributed by atoms with Crippen LogP contribution < -0.4 is 5.32 Å². The van der Waals surface area contributed by atoms with Crippen molar-refractivity contribution in [3.05, 3.63) is 48.0 Å². The molecule has 1 aliphatic heterocycles. The Morgan fingerprint density at radius 2 is 2.07 bits per heavy atom. The lowest BCUT2D eigenvalue weighted by molar-refractivity contribution is -0.125. The first-order valence-electron chi connectivity index (χ1n) is 9.86. The Balaban J connectivity index is 1.66. The number of benzene rings is 1. The minimum atomic E-state index is -0.506. The van der Waals surface area contributed by atoms with Crippen LogP contribution in [0.15, 0.2) is 36.5 Å². The Labute approximate surface area is 174 Å². The van der Waals surface area contributed by atoms with Crippen LogP contribution >= 0.6 is 11.8 Å². The predicted octanol–water partition coefficient (Wildman–Crippen LogP) is 3.47. The molecule has 1 aliphatic rings. The van der Waals surface area contributed by atoms with Gasteiger partial charge in [-0.15, -0.1) is 11.8 Å². The second kappa shape index (κ2) is 9.43. The highest BCUT2D eigenvalue weighted by atomic mass is 32.2. The van der Waals surface area contributed by atoms with Crippen molar-refractivity contribution in [2.24, 2.45) is 5.92 Å². The van der Waals surface area contributed by atoms with E-state index in [9.17, 15) is 14.0 Å². The third-order valence-electron chi connectivity index (χ3n) is 4.89. The first-order valence-corrected chi connectivity index (χ1v) is 11.0. The van der Waals surface area contributed by atoms with Crippen LogP contribution in [0.3, 0.4) is 0 Å². The summed E-state index contributed by atoms with van der Waals surface area (Å²) in [5.41, 5.74) is 0.774. The summed E-state index contributed by atoms with van der Waals surface area (Å²) in [5, 5.41) is 7.32. The number of aromatic nitrogens is 2. The van der Waals surface area contributed by atoms with Gasteiger partial charge in [0, 0.05) is 18.0 Å². The summed E-state index contributed by atoms with van der Waals surface area (Å²) in [4.78, 5) is 27.2. The number of thioether (sulfide) groups is 1. The van der Waals surface area contributed by atoms with Crippen LogP contribution in [-0.2, 0) is 4.79 Å². The largest absolute Gasteiger partial charge is 0.352 e. The van der Waals surface area contributed by atoms with Crippen LogP contribution in [-0.4, -0.2) is 50.2 Å². The Kier molecular flexibility index (Phi) is 6.95. The molecular weight excluding hydrogens is 391 g/mol. The van der Waals surface area contributed by atoms with Gasteiger partial charge < -0.3 is 10.2 Å². The van der Waals surface area contributed by atoms with E-state index in [1.807, 2.05) is 6.92 Å². The number of carbonyl (C=O) groups is 2. The first kappa shape index (κ1) is 21.4. The highest BCUT2D eigenvalue weighted by molar-refractivity contribution is 7.99. The van der Waals surface area contributed by atoms with Gasteiger partial charge in [-0.1, -0.05) is 19.9 Å². The molecule has 1 N–H and O–H groups in total. The maximum atomic E-state index is 13.4. The summed E-state index contributed by atoms with van der Waals surface area (Å²) in [6.45, 7) is 6.31. The van der Waals surface area contributed by atoms with Gasteiger partial charge in [0.15, 0.2) is 5.69 Å². The lowest BCUT2D eigenvalue weighted by Crippen LogP contribution is -2.49. The predicted molar refractivity (Wildman–Crippen MR) is 112 cm³/mol. The fourth-order valence-electron chi connectivity index (χ4n) is 3.20. The van der Waals surface area contributed by atoms with E-state index in [1.54, 1.807) is 41.1 Å². The molecule has 2 amide bonds. The van der Waals surface area contributed by atoms with Crippen molar-refractivity contribution in [3.8, 4) is 5.69 Å². The van der Waals surface area contributed by atoms with Gasteiger partial charge in [0.25, 0.3) is 5.91 Å². The number of hydrogen-bond donors (Lipinski definition) is 1. The van der Waals surface area contributed by atoms with Gasteiger partial charge in [0.1, 0.15) is 11.9 Å². The van der Waals surface area contributed by atoms with Crippen LogP contribution in [0.25, 0.3) is 5.69 Å². The average Bonchev–Trinajstić information content (AvgIpc) is 3.35. The van der Waals surface area contributed by atoms with Gasteiger partial charge in [-0.2, -0.15) is 5.10 Å². The molecule has 2 heterocycles. The van der Waals surface area contributed by atoms with E-state index < -0.39 is 6.04 Å². The normalized spacial score (nSPS) is 17.6. The Morgan fingerprint density at radius 1 is 1.28 bits per heavy atom. The van der Waals surface area contributed by atoms with E-state index in [0.717, 1.165) is 12.8 Å². The minimum Gasteiger partial charge on any atom is -0.352 e. The number of nitrogens with zero attached hydrogens (tertiary/aromatic N) is 3. The maximum Gasteiger partial charge on any atom is 0.275 e. The van der Waals surface area contributed by atoms with Crippen LogP contribution in [0, 0.1) is 11.7 Å². The number of hydrogen-bond acceptors (Lipinski definition) is 4. The van der Waals surface area contributed by atoms with E-state index in [-0.39, 0.29) is 29.4 Å². The van der Waals surface area contributed by atoms with Gasteiger partial charge in [-0.05, 0) is 49.9 Å². The molecule has 156 valence electrons. The van der Waals surface area contributed by atoms with E-state index in [2.05, 4.69) is 24.3 Å². The average molecular weight is 419 g/mol. The number of nitrogens with one attached hydrogen (secondary N) is 1. The summed E-state index contributed by atoms with van der Waals surface area (Å²) >= 11 is 1.55. The smallest absolute Gasteiger partial charge is 0.275 e. The van der Waals surface area contributed by atoms with Gasteiger partial charge in [0.05, 0.1) is 11.6 Å². The van der Waals surface area contributed by atoms with Gasteiger partial charge in [-0.25, -0.2) is 9.07 Å². The molecule has 0 radical (unpaired) electrons. The van der Waals surface area contributed by atoms with Crippen LogP contribution in [0.1, 0.15) is 44.1 Å². The van der Waals surface area contributed by atoms with Crippen molar-refractivity contribution in [1.82, 2.24) is 20.0 Å². The summed E-state index contributed by atoms with van der Waals surface area (Å²) in [6.07, 6.45) is 3.57. The first-order chi connectivity index (χ1) is 13.8. The fraction of sp³-hybridized carbons (Fsp3) is 0.476. The molecule has 1 aromatic carbocycles. The Bertz CT molecular complexity index is 870. The fourth-order valence-corrected chi connectivity index (χ4v) is 4.36. The molecule has 0 spiro atoms. The van der Waals surface area contributed by atoms with E-state index in [0.29, 0.717) is 23.2 Å². The van der Waals surface area contributed by atoms with Crippen molar-refractivity contribution in [2.75, 3.05) is 11.6 Å². The van der Waals surface area contributed by atoms with Crippen LogP contribution in [0.4, 0.5) is 4.39 Å². The monoisotopic (exact) mass is 418 g/mol. The summed E-state index contributed by atoms with van der Waals surface area (Å²) in [5.74, 6) is 0.820. The molecule has 2 unspecified atom stereocenters. The number of carbonyl (C=O) groups excluding carboxylic acids is 2. The molecule has 0 saturated carbocycles. The zero-order valence-corrected chi connectivity index (χ0v) is 17.8. The number of amides is 2. The van der Waals surface area contributed by atoms with E-state index in [4.69, 9.17) is 0 Å². The van der Waals surface area contributed by atoms with Crippen molar-refractivity contribution in [3.63, 3.8) is 0 Å². The maximum absolute atomic E-state index is 13.4. The molecule has 1 saturated heterocycles. The van der Waals surface area contributed by atoms with Crippen molar-refractivity contribution in [2.45, 2.75) is 45.7 Å². The molecule has 2 aromatic rings. The van der Waals surface area contributed by atoms with Gasteiger partial charge in [0.2, 0.25) is 5.91 Å². The third-order valence-corrected chi connectivity index (χ3v) is 5.90. The summed E-state index contributed by atoms with van der Waals surface area (Å²) < 4.78 is 14.9. The molecule has 8 heteroatoms. The second-order valence-corrected chi connectivity index (χ2v) is 8.80. The Morgan fingerprint density at radius 3 is 2.79 bits per heavy atom. The van der Waals surface area contributed by atoms with E-state index >= 15 is 0 Å². The topological polar surface area (TPSA) is 67.2 Å². The minimum absolute atomic E-state index is 0.0691. The molecule has 0 bridgehead atoms. The molecule has 1 fully saturated rings. The molecule has 6 nitrogen and oxygen atoms in total. The summed E-state index contributed by atoms with van der Waals surface area (Å²) in [7, 11) is 0. The quantitative estimate of drug-likeness (QED) is 0.748. The zero-order valence-electron chi connectivity index (χ0n) is 17.0. The highest BCUT2D eigenvalue weighted by Gasteiger charge is 2.36. The van der Waals surface area contributed by atoms with Gasteiger partial charge >= 0.3 is 0 Å². The lowest BCUT2D eigenvalue weighted by Gasteiger charge is -2.24. The molecule has 3 rings (SSSR count). The molecular formula is C21H27FN4O2S. The van der Waals surface area contributed by atoms with Crippen molar-refractivity contribution < 1.29 is 14.0 Å². The number of rotatable bonds is 7. The van der Waals surface area contributed by atoms with Crippen LogP contribution in [0.5, 0.6) is 0 Å². The number of halogens is 1. The molecule has 0 aliphatic carbocycles. The summed E-state index contributed by atoms with van der Waals surface area (Å²) in [6, 6.07) is 7.16. The van der Waals surface area contributed by atoms with Gasteiger partial charge in [-0.3, -0.25) is 9.59 Å². The molecule has 29 heavy (non-hydrogen) atoms. The van der Waals surface area contributed by atoms with E-state index in [1.165, 1.54) is 16.8 Å². The SMILES string of the molecule is CC(C)CCC(C)NC(=O)C1CSCN1C(=O)c1ccn(-c2cccc(F)c2)n1. The lowest BCUT2D eigenvalue weighted by atomic mass is 10.0. The highest BCUT2D eigenvalue weighted by Crippen LogP contribution is 2.23. The third kappa shape index (κ3) is 5.38. The Hall–Kier alpha value is -2.35. The van der Waals surface area contributed by atoms with Crippen LogP contribution in [0.2, 0.25) is 0 Å². The molecule has 2 atom stereocenters. The standard InChI is InChI=1S/C21H27FN4O2S/c1-14(2)7-8-15(3)23-20(27)19-12-29-13-25(19)21(28)18-9-10-26(24-18)17-6-4-5-16(22)11-17/h4-6,9-11,14-15,19H,7-8,12-13H2,1-3H3,(H,23,27).